The molecule has 8 aromatic rings. The maximum absolute atomic E-state index is 6.34. The molecule has 0 bridgehead atoms. The molecule has 0 saturated heterocycles. The van der Waals surface area contributed by atoms with Gasteiger partial charge in [-0.3, -0.25) is 4.57 Å². The Kier molecular flexibility index (Phi) is 6.14. The molecule has 3 aromatic heterocycles. The predicted octanol–water partition coefficient (Wildman–Crippen LogP) is 11.5. The summed E-state index contributed by atoms with van der Waals surface area (Å²) in [6, 6.07) is 41.1. The number of furan rings is 1. The molecule has 0 fully saturated rings. The first-order chi connectivity index (χ1) is 25.3. The van der Waals surface area contributed by atoms with Crippen molar-refractivity contribution >= 4 is 55.1 Å². The molecule has 3 aliphatic rings. The van der Waals surface area contributed by atoms with E-state index in [9.17, 15) is 0 Å². The predicted molar refractivity (Wildman–Crippen MR) is 208 cm³/mol. The van der Waals surface area contributed by atoms with Gasteiger partial charge in [0.15, 0.2) is 0 Å². The highest BCUT2D eigenvalue weighted by Crippen LogP contribution is 2.52. The first kappa shape index (κ1) is 28.4. The lowest BCUT2D eigenvalue weighted by Crippen LogP contribution is -2.28. The summed E-state index contributed by atoms with van der Waals surface area (Å²) in [5.41, 5.74) is 10.6. The van der Waals surface area contributed by atoms with Gasteiger partial charge in [0.25, 0.3) is 0 Å². The molecule has 3 atom stereocenters. The van der Waals surface area contributed by atoms with Crippen LogP contribution in [0, 0.1) is 0 Å². The maximum Gasteiger partial charge on any atom is 0.235 e. The smallest absolute Gasteiger partial charge is 0.235 e. The van der Waals surface area contributed by atoms with Crippen molar-refractivity contribution < 1.29 is 4.42 Å². The van der Waals surface area contributed by atoms with Crippen LogP contribution >= 0.6 is 0 Å². The summed E-state index contributed by atoms with van der Waals surface area (Å²) in [6.07, 6.45) is 18.7. The van der Waals surface area contributed by atoms with Crippen LogP contribution in [0.1, 0.15) is 29.5 Å². The summed E-state index contributed by atoms with van der Waals surface area (Å²) in [7, 11) is 0. The van der Waals surface area contributed by atoms with Crippen LogP contribution in [0.2, 0.25) is 0 Å². The zero-order chi connectivity index (χ0) is 33.5. The molecule has 5 heteroatoms. The number of fused-ring (bicyclic) bond motifs is 10. The third kappa shape index (κ3) is 4.28. The Morgan fingerprint density at radius 2 is 1.41 bits per heavy atom. The van der Waals surface area contributed by atoms with Crippen LogP contribution in [0.5, 0.6) is 0 Å². The minimum Gasteiger partial charge on any atom is -0.456 e. The molecular weight excluding hydrogens is 625 g/mol. The highest BCUT2D eigenvalue weighted by atomic mass is 16.3. The molecule has 1 aliphatic heterocycles. The topological polar surface area (TPSA) is 47.1 Å². The second kappa shape index (κ2) is 11.0. The minimum absolute atomic E-state index is 0.147. The molecule has 4 heterocycles. The van der Waals surface area contributed by atoms with Crippen LogP contribution in [0.3, 0.4) is 0 Å². The molecule has 5 aromatic carbocycles. The Morgan fingerprint density at radius 1 is 0.627 bits per heavy atom. The maximum atomic E-state index is 6.34. The summed E-state index contributed by atoms with van der Waals surface area (Å²) >= 11 is 0. The first-order valence-electron chi connectivity index (χ1n) is 17.7. The zero-order valence-electron chi connectivity index (χ0n) is 27.7. The lowest BCUT2D eigenvalue weighted by atomic mass is 9.90. The van der Waals surface area contributed by atoms with Crippen LogP contribution in [0.25, 0.3) is 61.0 Å². The molecule has 0 spiro atoms. The van der Waals surface area contributed by atoms with Crippen molar-refractivity contribution in [3.8, 4) is 17.2 Å². The fourth-order valence-corrected chi connectivity index (χ4v) is 8.56. The number of benzene rings is 5. The van der Waals surface area contributed by atoms with Gasteiger partial charge in [0.05, 0.1) is 28.5 Å². The average molecular weight is 657 g/mol. The average Bonchev–Trinajstić information content (AvgIpc) is 3.86. The molecule has 11 rings (SSSR count). The van der Waals surface area contributed by atoms with E-state index in [1.165, 1.54) is 27.7 Å². The van der Waals surface area contributed by atoms with Gasteiger partial charge in [0, 0.05) is 55.9 Å². The largest absolute Gasteiger partial charge is 0.456 e. The molecule has 0 radical (unpaired) electrons. The second-order valence-electron chi connectivity index (χ2n) is 13.7. The number of nitrogens with zero attached hydrogens (tertiary/aromatic N) is 4. The SMILES string of the molecule is C1=CCC(c2cc(-c3ccc4c(c3)oc3ccccc34)nc(-n3c4ccccc4c4ccc5c(c43)C3C=CC=CC3N5c3ccccc3)n2)C=C1. The van der Waals surface area contributed by atoms with Crippen LogP contribution in [0.15, 0.2) is 168 Å². The normalized spacial score (nSPS) is 19.1. The molecule has 0 N–H and O–H groups in total. The van der Waals surface area contributed by atoms with Gasteiger partial charge in [-0.15, -0.1) is 0 Å². The Labute approximate surface area is 294 Å². The lowest BCUT2D eigenvalue weighted by Gasteiger charge is -2.28. The first-order valence-corrected chi connectivity index (χ1v) is 17.7. The number of para-hydroxylation sites is 3. The van der Waals surface area contributed by atoms with E-state index in [2.05, 4.69) is 161 Å². The molecule has 242 valence electrons. The summed E-state index contributed by atoms with van der Waals surface area (Å²) in [5, 5.41) is 4.63. The van der Waals surface area contributed by atoms with E-state index in [1.807, 2.05) is 12.1 Å². The van der Waals surface area contributed by atoms with Crippen LogP contribution in [0.4, 0.5) is 11.4 Å². The molecule has 51 heavy (non-hydrogen) atoms. The number of aromatic nitrogens is 3. The van der Waals surface area contributed by atoms with Gasteiger partial charge in [-0.2, -0.15) is 0 Å². The Bertz CT molecular complexity index is 2820. The summed E-state index contributed by atoms with van der Waals surface area (Å²) in [6.45, 7) is 0. The minimum atomic E-state index is 0.147. The van der Waals surface area contributed by atoms with Gasteiger partial charge in [0.2, 0.25) is 5.95 Å². The van der Waals surface area contributed by atoms with Crippen molar-refractivity contribution in [1.82, 2.24) is 14.5 Å². The van der Waals surface area contributed by atoms with E-state index < -0.39 is 0 Å². The number of hydrogen-bond donors (Lipinski definition) is 0. The Balaban J connectivity index is 1.19. The molecule has 0 amide bonds. The quantitative estimate of drug-likeness (QED) is 0.189. The van der Waals surface area contributed by atoms with E-state index in [0.29, 0.717) is 5.95 Å². The second-order valence-corrected chi connectivity index (χ2v) is 13.7. The summed E-state index contributed by atoms with van der Waals surface area (Å²) in [5.74, 6) is 0.995. The Morgan fingerprint density at radius 3 is 2.31 bits per heavy atom. The van der Waals surface area contributed by atoms with E-state index in [0.717, 1.165) is 56.3 Å². The van der Waals surface area contributed by atoms with Gasteiger partial charge in [-0.1, -0.05) is 115 Å². The van der Waals surface area contributed by atoms with E-state index >= 15 is 0 Å². The molecule has 3 unspecified atom stereocenters. The van der Waals surface area contributed by atoms with E-state index in [-0.39, 0.29) is 17.9 Å². The van der Waals surface area contributed by atoms with Crippen molar-refractivity contribution in [3.05, 3.63) is 175 Å². The highest BCUT2D eigenvalue weighted by molar-refractivity contribution is 6.12. The fraction of sp³-hybridized carbons (Fsp3) is 0.0870. The van der Waals surface area contributed by atoms with Gasteiger partial charge in [0.1, 0.15) is 11.2 Å². The summed E-state index contributed by atoms with van der Waals surface area (Å²) in [4.78, 5) is 13.3. The van der Waals surface area contributed by atoms with Crippen molar-refractivity contribution in [3.63, 3.8) is 0 Å². The number of anilines is 2. The fourth-order valence-electron chi connectivity index (χ4n) is 8.56. The van der Waals surface area contributed by atoms with Crippen molar-refractivity contribution in [1.29, 1.82) is 0 Å². The summed E-state index contributed by atoms with van der Waals surface area (Å²) < 4.78 is 8.67. The van der Waals surface area contributed by atoms with Crippen LogP contribution in [-0.4, -0.2) is 20.6 Å². The van der Waals surface area contributed by atoms with Gasteiger partial charge >= 0.3 is 0 Å². The standard InChI is InChI=1S/C46H32N4O/c1-3-13-29(14-4-1)37-28-38(30-23-24-34-33-18-9-12-22-42(33)51-43(34)27-30)48-46(47-37)50-39-20-10-7-17-32(39)35-25-26-41-44(45(35)50)36-19-8-11-21-40(36)49(41)31-15-5-2-6-16-31/h1-13,15-29,36,40H,14H2. The van der Waals surface area contributed by atoms with Gasteiger partial charge < -0.3 is 9.32 Å². The van der Waals surface area contributed by atoms with Crippen LogP contribution < -0.4 is 4.90 Å². The Hall–Kier alpha value is -6.46. The number of allylic oxidation sites excluding steroid dienone is 6. The number of rotatable bonds is 4. The van der Waals surface area contributed by atoms with Crippen molar-refractivity contribution in [2.24, 2.45) is 0 Å². The molecule has 5 nitrogen and oxygen atoms in total. The highest BCUT2D eigenvalue weighted by Gasteiger charge is 2.40. The number of hydrogen-bond acceptors (Lipinski definition) is 4. The monoisotopic (exact) mass is 656 g/mol. The van der Waals surface area contributed by atoms with Crippen molar-refractivity contribution in [2.75, 3.05) is 4.90 Å². The lowest BCUT2D eigenvalue weighted by molar-refractivity contribution is 0.669. The van der Waals surface area contributed by atoms with Crippen LogP contribution in [-0.2, 0) is 0 Å². The molecule has 2 aliphatic carbocycles. The van der Waals surface area contributed by atoms with E-state index in [1.54, 1.807) is 0 Å². The van der Waals surface area contributed by atoms with Crippen molar-refractivity contribution in [2.45, 2.75) is 24.3 Å². The van der Waals surface area contributed by atoms with Gasteiger partial charge in [-0.05, 0) is 55.0 Å². The zero-order valence-corrected chi connectivity index (χ0v) is 27.7. The third-order valence-corrected chi connectivity index (χ3v) is 10.9. The van der Waals surface area contributed by atoms with E-state index in [4.69, 9.17) is 14.4 Å². The molecule has 0 saturated carbocycles. The molecular formula is C46H32N4O. The van der Waals surface area contributed by atoms with Gasteiger partial charge in [-0.25, -0.2) is 9.97 Å². The third-order valence-electron chi connectivity index (χ3n) is 10.9.